The highest BCUT2D eigenvalue weighted by atomic mass is 35.5. The SMILES string of the molecule is O=CN1CCC(n2c(=O)n(Cc3ccc(Cl)c(Cl)c3)c(=O)c3cc(OCC(F)F)ccc32)CC1. The molecule has 1 fully saturated rings. The first-order chi connectivity index (χ1) is 16.3. The van der Waals surface area contributed by atoms with Crippen molar-refractivity contribution >= 4 is 40.5 Å². The first-order valence-corrected chi connectivity index (χ1v) is 11.4. The van der Waals surface area contributed by atoms with Crippen LogP contribution in [-0.4, -0.2) is 46.6 Å². The van der Waals surface area contributed by atoms with Crippen LogP contribution < -0.4 is 16.0 Å². The zero-order chi connectivity index (χ0) is 24.4. The summed E-state index contributed by atoms with van der Waals surface area (Å²) >= 11 is 12.1. The van der Waals surface area contributed by atoms with Crippen LogP contribution in [0.2, 0.25) is 10.0 Å². The van der Waals surface area contributed by atoms with Crippen molar-refractivity contribution in [1.82, 2.24) is 14.0 Å². The van der Waals surface area contributed by atoms with Gasteiger partial charge < -0.3 is 9.64 Å². The van der Waals surface area contributed by atoms with Gasteiger partial charge in [0.15, 0.2) is 0 Å². The summed E-state index contributed by atoms with van der Waals surface area (Å²) in [5.41, 5.74) is -0.0979. The number of ether oxygens (including phenoxy) is 1. The second-order valence-corrected chi connectivity index (χ2v) is 8.86. The molecule has 0 N–H and O–H groups in total. The molecule has 180 valence electrons. The summed E-state index contributed by atoms with van der Waals surface area (Å²) in [6.07, 6.45) is -0.835. The zero-order valence-electron chi connectivity index (χ0n) is 17.9. The highest BCUT2D eigenvalue weighted by Crippen LogP contribution is 2.26. The average Bonchev–Trinajstić information content (AvgIpc) is 2.83. The molecule has 0 radical (unpaired) electrons. The monoisotopic (exact) mass is 511 g/mol. The van der Waals surface area contributed by atoms with Crippen LogP contribution in [0.1, 0.15) is 24.4 Å². The maximum Gasteiger partial charge on any atom is 0.332 e. The lowest BCUT2D eigenvalue weighted by Crippen LogP contribution is -2.44. The number of nitrogens with zero attached hydrogens (tertiary/aromatic N) is 3. The predicted molar refractivity (Wildman–Crippen MR) is 125 cm³/mol. The van der Waals surface area contributed by atoms with Gasteiger partial charge in [0.25, 0.3) is 12.0 Å². The quantitative estimate of drug-likeness (QED) is 0.450. The third-order valence-electron chi connectivity index (χ3n) is 5.85. The molecule has 1 aliphatic heterocycles. The summed E-state index contributed by atoms with van der Waals surface area (Å²) in [6.45, 7) is 0.0831. The molecule has 1 aromatic heterocycles. The second kappa shape index (κ2) is 10.1. The zero-order valence-corrected chi connectivity index (χ0v) is 19.4. The number of halogens is 4. The van der Waals surface area contributed by atoms with E-state index in [1.165, 1.54) is 18.2 Å². The summed E-state index contributed by atoms with van der Waals surface area (Å²) in [4.78, 5) is 39.7. The van der Waals surface area contributed by atoms with Crippen molar-refractivity contribution in [3.63, 3.8) is 0 Å². The molecule has 34 heavy (non-hydrogen) atoms. The van der Waals surface area contributed by atoms with E-state index in [9.17, 15) is 23.2 Å². The van der Waals surface area contributed by atoms with Crippen LogP contribution in [0.5, 0.6) is 5.75 Å². The van der Waals surface area contributed by atoms with Crippen LogP contribution in [0.15, 0.2) is 46.0 Å². The fraction of sp³-hybridized carbons (Fsp3) is 0.348. The number of carbonyl (C=O) groups is 1. The highest BCUT2D eigenvalue weighted by Gasteiger charge is 2.25. The minimum absolute atomic E-state index is 0.0558. The van der Waals surface area contributed by atoms with Crippen molar-refractivity contribution in [1.29, 1.82) is 0 Å². The van der Waals surface area contributed by atoms with Gasteiger partial charge in [-0.05, 0) is 48.7 Å². The van der Waals surface area contributed by atoms with Gasteiger partial charge in [0.1, 0.15) is 12.4 Å². The van der Waals surface area contributed by atoms with E-state index in [0.29, 0.717) is 42.0 Å². The Bertz CT molecular complexity index is 1330. The van der Waals surface area contributed by atoms with Crippen molar-refractivity contribution < 1.29 is 18.3 Å². The van der Waals surface area contributed by atoms with Crippen LogP contribution in [-0.2, 0) is 11.3 Å². The highest BCUT2D eigenvalue weighted by molar-refractivity contribution is 6.42. The van der Waals surface area contributed by atoms with E-state index in [1.54, 1.807) is 27.7 Å². The molecule has 0 saturated carbocycles. The second-order valence-electron chi connectivity index (χ2n) is 8.05. The lowest BCUT2D eigenvalue weighted by atomic mass is 10.0. The molecule has 0 spiro atoms. The molecule has 1 aliphatic rings. The Hall–Kier alpha value is -2.91. The molecular formula is C23H21Cl2F2N3O4. The van der Waals surface area contributed by atoms with E-state index in [2.05, 4.69) is 0 Å². The largest absolute Gasteiger partial charge is 0.488 e. The normalized spacial score (nSPS) is 14.7. The van der Waals surface area contributed by atoms with Crippen LogP contribution >= 0.6 is 23.2 Å². The smallest absolute Gasteiger partial charge is 0.332 e. The van der Waals surface area contributed by atoms with Crippen molar-refractivity contribution in [3.05, 3.63) is 72.8 Å². The Kier molecular flexibility index (Phi) is 7.23. The van der Waals surface area contributed by atoms with Gasteiger partial charge in [-0.25, -0.2) is 13.6 Å². The van der Waals surface area contributed by atoms with Gasteiger partial charge in [0.05, 0.1) is 27.5 Å². The molecule has 0 aliphatic carbocycles. The molecule has 2 aromatic carbocycles. The van der Waals surface area contributed by atoms with Gasteiger partial charge in [-0.1, -0.05) is 29.3 Å². The topological polar surface area (TPSA) is 73.5 Å². The Morgan fingerprint density at radius 2 is 1.79 bits per heavy atom. The number of hydrogen-bond donors (Lipinski definition) is 0. The molecule has 7 nitrogen and oxygen atoms in total. The maximum absolute atomic E-state index is 13.6. The number of hydrogen-bond acceptors (Lipinski definition) is 4. The average molecular weight is 512 g/mol. The molecule has 1 amide bonds. The molecule has 0 atom stereocenters. The van der Waals surface area contributed by atoms with Gasteiger partial charge in [-0.2, -0.15) is 0 Å². The molecule has 0 bridgehead atoms. The molecular weight excluding hydrogens is 491 g/mol. The fourth-order valence-electron chi connectivity index (χ4n) is 4.17. The van der Waals surface area contributed by atoms with E-state index in [4.69, 9.17) is 27.9 Å². The standard InChI is InChI=1S/C23H21Cl2F2N3O4/c24-18-3-1-14(9-19(18)25)11-29-22(32)17-10-16(34-12-21(26)27)2-4-20(17)30(23(29)33)15-5-7-28(13-31)8-6-15/h1-4,9-10,13,15,21H,5-8,11-12H2. The molecule has 1 saturated heterocycles. The first kappa shape index (κ1) is 24.2. The Morgan fingerprint density at radius 3 is 2.44 bits per heavy atom. The number of benzene rings is 2. The molecule has 11 heteroatoms. The minimum atomic E-state index is -2.67. The molecule has 0 unspecified atom stereocenters. The van der Waals surface area contributed by atoms with Gasteiger partial charge >= 0.3 is 5.69 Å². The third kappa shape index (κ3) is 4.95. The van der Waals surface area contributed by atoms with Gasteiger partial charge in [0, 0.05) is 19.1 Å². The fourth-order valence-corrected chi connectivity index (χ4v) is 4.49. The van der Waals surface area contributed by atoms with Gasteiger partial charge in [-0.15, -0.1) is 0 Å². The van der Waals surface area contributed by atoms with E-state index in [1.807, 2.05) is 0 Å². The molecule has 3 aromatic rings. The summed E-state index contributed by atoms with van der Waals surface area (Å²) in [7, 11) is 0. The lowest BCUT2D eigenvalue weighted by molar-refractivity contribution is -0.119. The van der Waals surface area contributed by atoms with E-state index < -0.39 is 24.3 Å². The summed E-state index contributed by atoms with van der Waals surface area (Å²) in [5, 5.41) is 0.804. The number of rotatable bonds is 7. The van der Waals surface area contributed by atoms with E-state index in [0.717, 1.165) is 11.0 Å². The predicted octanol–water partition coefficient (Wildman–Crippen LogP) is 3.96. The Morgan fingerprint density at radius 1 is 1.06 bits per heavy atom. The number of likely N-dealkylation sites (tertiary alicyclic amines) is 1. The molecule has 4 rings (SSSR count). The van der Waals surface area contributed by atoms with Gasteiger partial charge in [-0.3, -0.25) is 18.7 Å². The van der Waals surface area contributed by atoms with Crippen molar-refractivity contribution in [2.24, 2.45) is 0 Å². The van der Waals surface area contributed by atoms with Crippen LogP contribution in [0.3, 0.4) is 0 Å². The first-order valence-electron chi connectivity index (χ1n) is 10.6. The Labute approximate surface area is 203 Å². The number of amides is 1. The van der Waals surface area contributed by atoms with Crippen molar-refractivity contribution in [2.75, 3.05) is 19.7 Å². The summed E-state index contributed by atoms with van der Waals surface area (Å²) < 4.78 is 33.0. The number of aromatic nitrogens is 2. The number of carbonyl (C=O) groups excluding carboxylic acids is 1. The molecule has 2 heterocycles. The number of alkyl halides is 2. The van der Waals surface area contributed by atoms with Crippen LogP contribution in [0.4, 0.5) is 8.78 Å². The summed E-state index contributed by atoms with van der Waals surface area (Å²) in [5.74, 6) is 0.104. The van der Waals surface area contributed by atoms with Crippen molar-refractivity contribution in [3.8, 4) is 5.75 Å². The maximum atomic E-state index is 13.6. The Balaban J connectivity index is 1.85. The van der Waals surface area contributed by atoms with E-state index in [-0.39, 0.29) is 28.7 Å². The van der Waals surface area contributed by atoms with Crippen molar-refractivity contribution in [2.45, 2.75) is 31.9 Å². The number of fused-ring (bicyclic) bond motifs is 1. The third-order valence-corrected chi connectivity index (χ3v) is 6.59. The van der Waals surface area contributed by atoms with E-state index >= 15 is 0 Å². The van der Waals surface area contributed by atoms with Gasteiger partial charge in [0.2, 0.25) is 6.41 Å². The van der Waals surface area contributed by atoms with Crippen LogP contribution in [0.25, 0.3) is 10.9 Å². The minimum Gasteiger partial charge on any atom is -0.488 e. The number of piperidine rings is 1. The summed E-state index contributed by atoms with van der Waals surface area (Å²) in [6, 6.07) is 8.95. The lowest BCUT2D eigenvalue weighted by Gasteiger charge is -2.31. The van der Waals surface area contributed by atoms with Crippen LogP contribution in [0, 0.1) is 0 Å².